The van der Waals surface area contributed by atoms with E-state index in [2.05, 4.69) is 10.5 Å². The minimum absolute atomic E-state index is 0.149. The first-order chi connectivity index (χ1) is 9.65. The maximum absolute atomic E-state index is 13.0. The molecule has 0 aliphatic heterocycles. The summed E-state index contributed by atoms with van der Waals surface area (Å²) in [6, 6.07) is 3.80. The van der Waals surface area contributed by atoms with Crippen molar-refractivity contribution in [1.82, 2.24) is 5.16 Å². The summed E-state index contributed by atoms with van der Waals surface area (Å²) >= 11 is 5.88. The van der Waals surface area contributed by atoms with Gasteiger partial charge in [-0.15, -0.1) is 0 Å². The maximum atomic E-state index is 13.0. The molecule has 2 aromatic rings. The Bertz CT molecular complexity index is 669. The number of aryl methyl sites for hydroxylation is 1. The van der Waals surface area contributed by atoms with Crippen LogP contribution in [0.4, 0.5) is 10.1 Å². The van der Waals surface area contributed by atoms with Gasteiger partial charge in [-0.1, -0.05) is 16.8 Å². The van der Waals surface area contributed by atoms with Crippen molar-refractivity contribution in [2.24, 2.45) is 0 Å². The molecule has 0 fully saturated rings. The van der Waals surface area contributed by atoms with Crippen molar-refractivity contribution >= 4 is 23.2 Å². The van der Waals surface area contributed by atoms with Crippen LogP contribution in [0.15, 0.2) is 22.7 Å². The molecule has 3 rings (SSSR count). The molecule has 20 heavy (non-hydrogen) atoms. The number of hydrogen-bond acceptors (Lipinski definition) is 3. The number of halogens is 2. The summed E-state index contributed by atoms with van der Waals surface area (Å²) in [7, 11) is 0. The van der Waals surface area contributed by atoms with Crippen LogP contribution in [0, 0.1) is 5.82 Å². The molecule has 6 heteroatoms. The van der Waals surface area contributed by atoms with Crippen molar-refractivity contribution in [3.8, 4) is 0 Å². The van der Waals surface area contributed by atoms with Gasteiger partial charge < -0.3 is 9.84 Å². The van der Waals surface area contributed by atoms with Gasteiger partial charge in [0.15, 0.2) is 5.69 Å². The molecule has 0 bridgehead atoms. The molecule has 1 amide bonds. The molecule has 1 aromatic heterocycles. The second-order valence-corrected chi connectivity index (χ2v) is 5.13. The number of carbonyl (C=O) groups is 1. The molecular weight excluding hydrogens is 283 g/mol. The zero-order valence-electron chi connectivity index (χ0n) is 10.6. The topological polar surface area (TPSA) is 55.1 Å². The van der Waals surface area contributed by atoms with Crippen LogP contribution < -0.4 is 5.32 Å². The Labute approximate surface area is 119 Å². The van der Waals surface area contributed by atoms with E-state index in [1.165, 1.54) is 12.1 Å². The summed E-state index contributed by atoms with van der Waals surface area (Å²) in [6.45, 7) is 0. The molecule has 1 aliphatic rings. The van der Waals surface area contributed by atoms with Crippen LogP contribution in [0.25, 0.3) is 0 Å². The number of aromatic nitrogens is 1. The quantitative estimate of drug-likeness (QED) is 0.921. The van der Waals surface area contributed by atoms with E-state index in [0.717, 1.165) is 43.1 Å². The van der Waals surface area contributed by atoms with E-state index in [0.29, 0.717) is 11.4 Å². The van der Waals surface area contributed by atoms with Crippen molar-refractivity contribution < 1.29 is 13.7 Å². The summed E-state index contributed by atoms with van der Waals surface area (Å²) < 4.78 is 18.2. The normalized spacial score (nSPS) is 13.9. The zero-order valence-corrected chi connectivity index (χ0v) is 11.3. The van der Waals surface area contributed by atoms with Crippen LogP contribution in [0.1, 0.15) is 34.7 Å². The lowest BCUT2D eigenvalue weighted by atomic mass is 9.96. The van der Waals surface area contributed by atoms with E-state index < -0.39 is 5.82 Å². The average Bonchev–Trinajstić information content (AvgIpc) is 2.86. The summed E-state index contributed by atoms with van der Waals surface area (Å²) in [5.41, 5.74) is 1.51. The smallest absolute Gasteiger partial charge is 0.278 e. The van der Waals surface area contributed by atoms with Crippen LogP contribution in [0.2, 0.25) is 5.02 Å². The highest BCUT2D eigenvalue weighted by Gasteiger charge is 2.24. The lowest BCUT2D eigenvalue weighted by Gasteiger charge is -2.10. The van der Waals surface area contributed by atoms with Gasteiger partial charge >= 0.3 is 0 Å². The van der Waals surface area contributed by atoms with Gasteiger partial charge in [0, 0.05) is 12.0 Å². The van der Waals surface area contributed by atoms with Crippen molar-refractivity contribution in [3.63, 3.8) is 0 Å². The van der Waals surface area contributed by atoms with Gasteiger partial charge in [-0.05, 0) is 37.5 Å². The van der Waals surface area contributed by atoms with E-state index in [1.807, 2.05) is 0 Å². The molecule has 104 valence electrons. The Morgan fingerprint density at radius 2 is 2.15 bits per heavy atom. The number of benzene rings is 1. The molecule has 0 atom stereocenters. The van der Waals surface area contributed by atoms with Gasteiger partial charge in [-0.2, -0.15) is 0 Å². The first kappa shape index (κ1) is 13.1. The van der Waals surface area contributed by atoms with Gasteiger partial charge in [0.25, 0.3) is 5.91 Å². The van der Waals surface area contributed by atoms with E-state index in [4.69, 9.17) is 16.1 Å². The number of anilines is 1. The van der Waals surface area contributed by atoms with E-state index >= 15 is 0 Å². The van der Waals surface area contributed by atoms with Crippen molar-refractivity contribution in [3.05, 3.63) is 46.1 Å². The summed E-state index contributed by atoms with van der Waals surface area (Å²) in [5, 5.41) is 6.62. The Morgan fingerprint density at radius 3 is 2.95 bits per heavy atom. The van der Waals surface area contributed by atoms with Crippen LogP contribution in [-0.2, 0) is 12.8 Å². The minimum Gasteiger partial charge on any atom is -0.360 e. The lowest BCUT2D eigenvalue weighted by Crippen LogP contribution is -2.16. The Balaban J connectivity index is 1.84. The predicted octanol–water partition coefficient (Wildman–Crippen LogP) is 3.60. The third-order valence-electron chi connectivity index (χ3n) is 3.34. The van der Waals surface area contributed by atoms with Crippen LogP contribution >= 0.6 is 11.6 Å². The fourth-order valence-corrected chi connectivity index (χ4v) is 2.55. The van der Waals surface area contributed by atoms with Gasteiger partial charge in [0.1, 0.15) is 11.6 Å². The van der Waals surface area contributed by atoms with Crippen molar-refractivity contribution in [2.45, 2.75) is 25.7 Å². The van der Waals surface area contributed by atoms with Crippen molar-refractivity contribution in [2.75, 3.05) is 5.32 Å². The number of carbonyl (C=O) groups excluding carboxylic acids is 1. The Hall–Kier alpha value is -1.88. The number of rotatable bonds is 2. The molecule has 1 heterocycles. The standard InChI is InChI=1S/C14H12ClFN2O2/c15-10-7-8(16)5-6-11(10)17-14(19)13-9-3-1-2-4-12(9)20-18-13/h5-7H,1-4H2,(H,17,19). The summed E-state index contributed by atoms with van der Waals surface area (Å²) in [6.07, 6.45) is 3.67. The van der Waals surface area contributed by atoms with Crippen LogP contribution in [0.3, 0.4) is 0 Å². The molecule has 0 saturated heterocycles. The summed E-state index contributed by atoms with van der Waals surface area (Å²) in [4.78, 5) is 12.2. The largest absolute Gasteiger partial charge is 0.360 e. The highest BCUT2D eigenvalue weighted by Crippen LogP contribution is 2.26. The fraction of sp³-hybridized carbons (Fsp3) is 0.286. The van der Waals surface area contributed by atoms with Gasteiger partial charge in [0.05, 0.1) is 10.7 Å². The molecule has 0 radical (unpaired) electrons. The summed E-state index contributed by atoms with van der Waals surface area (Å²) in [5.74, 6) is -0.0520. The predicted molar refractivity (Wildman–Crippen MR) is 72.5 cm³/mol. The van der Waals surface area contributed by atoms with Gasteiger partial charge in [-0.3, -0.25) is 4.79 Å². The molecule has 1 aliphatic carbocycles. The Kier molecular flexibility index (Phi) is 3.44. The molecule has 0 spiro atoms. The highest BCUT2D eigenvalue weighted by molar-refractivity contribution is 6.33. The van der Waals surface area contributed by atoms with Gasteiger partial charge in [0.2, 0.25) is 0 Å². The SMILES string of the molecule is O=C(Nc1ccc(F)cc1Cl)c1noc2c1CCCC2. The zero-order chi connectivity index (χ0) is 14.1. The fourth-order valence-electron chi connectivity index (χ4n) is 2.34. The average molecular weight is 295 g/mol. The lowest BCUT2D eigenvalue weighted by molar-refractivity contribution is 0.101. The molecular formula is C14H12ClFN2O2. The van der Waals surface area contributed by atoms with Gasteiger partial charge in [-0.25, -0.2) is 4.39 Å². The first-order valence-corrected chi connectivity index (χ1v) is 6.77. The van der Waals surface area contributed by atoms with Crippen LogP contribution in [0.5, 0.6) is 0 Å². The minimum atomic E-state index is -0.452. The van der Waals surface area contributed by atoms with E-state index in [9.17, 15) is 9.18 Å². The van der Waals surface area contributed by atoms with E-state index in [-0.39, 0.29) is 10.9 Å². The molecule has 1 aromatic carbocycles. The first-order valence-electron chi connectivity index (χ1n) is 6.39. The third-order valence-corrected chi connectivity index (χ3v) is 3.66. The number of nitrogens with zero attached hydrogens (tertiary/aromatic N) is 1. The number of fused-ring (bicyclic) bond motifs is 1. The third kappa shape index (κ3) is 2.41. The second-order valence-electron chi connectivity index (χ2n) is 4.72. The Morgan fingerprint density at radius 1 is 1.35 bits per heavy atom. The molecule has 4 nitrogen and oxygen atoms in total. The maximum Gasteiger partial charge on any atom is 0.278 e. The van der Waals surface area contributed by atoms with Crippen LogP contribution in [-0.4, -0.2) is 11.1 Å². The second kappa shape index (κ2) is 5.25. The van der Waals surface area contributed by atoms with Crippen molar-refractivity contribution in [1.29, 1.82) is 0 Å². The molecule has 0 unspecified atom stereocenters. The highest BCUT2D eigenvalue weighted by atomic mass is 35.5. The molecule has 0 saturated carbocycles. The molecule has 1 N–H and O–H groups in total. The number of hydrogen-bond donors (Lipinski definition) is 1. The monoisotopic (exact) mass is 294 g/mol. The van der Waals surface area contributed by atoms with E-state index in [1.54, 1.807) is 0 Å². The number of amides is 1. The number of nitrogens with one attached hydrogen (secondary N) is 1.